The van der Waals surface area contributed by atoms with Gasteiger partial charge in [-0.1, -0.05) is 28.9 Å². The summed E-state index contributed by atoms with van der Waals surface area (Å²) in [6.07, 6.45) is 1.94. The predicted octanol–water partition coefficient (Wildman–Crippen LogP) is 2.93. The summed E-state index contributed by atoms with van der Waals surface area (Å²) < 4.78 is 5.14. The summed E-state index contributed by atoms with van der Waals surface area (Å²) >= 11 is 6.02. The van der Waals surface area contributed by atoms with Gasteiger partial charge >= 0.3 is 0 Å². The Morgan fingerprint density at radius 3 is 2.65 bits per heavy atom. The van der Waals surface area contributed by atoms with Gasteiger partial charge in [-0.3, -0.25) is 9.79 Å². The van der Waals surface area contributed by atoms with Gasteiger partial charge in [0.05, 0.1) is 6.42 Å². The number of aromatic nitrogens is 2. The molecule has 0 radical (unpaired) electrons. The van der Waals surface area contributed by atoms with Crippen molar-refractivity contribution >= 4 is 47.4 Å². The number of nitrogens with zero attached hydrogens (tertiary/aromatic N) is 5. The number of carbonyl (C=O) groups excluding carboxylic acids is 1. The van der Waals surface area contributed by atoms with E-state index >= 15 is 0 Å². The lowest BCUT2D eigenvalue weighted by atomic mass is 10.1. The molecule has 3 rings (SSSR count). The lowest BCUT2D eigenvalue weighted by molar-refractivity contribution is -0.131. The molecular weight excluding hydrogens is 531 g/mol. The van der Waals surface area contributed by atoms with Crippen LogP contribution in [0.4, 0.5) is 0 Å². The van der Waals surface area contributed by atoms with E-state index in [0.717, 1.165) is 44.0 Å². The second-order valence-corrected chi connectivity index (χ2v) is 7.69. The molecule has 8 nitrogen and oxygen atoms in total. The highest BCUT2D eigenvalue weighted by Crippen LogP contribution is 2.13. The average Bonchev–Trinajstić information content (AvgIpc) is 3.15. The van der Waals surface area contributed by atoms with Crippen LogP contribution in [0, 0.1) is 6.92 Å². The van der Waals surface area contributed by atoms with Gasteiger partial charge in [0.15, 0.2) is 11.8 Å². The van der Waals surface area contributed by atoms with E-state index in [0.29, 0.717) is 42.8 Å². The van der Waals surface area contributed by atoms with Gasteiger partial charge in [0.25, 0.3) is 0 Å². The number of aryl methyl sites for hydroxylation is 2. The molecule has 0 aliphatic carbocycles. The molecule has 2 aromatic rings. The molecule has 0 bridgehead atoms. The van der Waals surface area contributed by atoms with Crippen LogP contribution in [0.15, 0.2) is 33.8 Å². The van der Waals surface area contributed by atoms with Crippen LogP contribution in [-0.2, 0) is 17.6 Å². The molecule has 1 aromatic carbocycles. The number of halogens is 2. The average molecular weight is 561 g/mol. The molecule has 0 unspecified atom stereocenters. The van der Waals surface area contributed by atoms with Gasteiger partial charge in [0, 0.05) is 50.7 Å². The number of hydrogen-bond donors (Lipinski definition) is 1. The van der Waals surface area contributed by atoms with Crippen LogP contribution in [0.2, 0.25) is 5.02 Å². The lowest BCUT2D eigenvalue weighted by Crippen LogP contribution is -2.54. The highest BCUT2D eigenvalue weighted by molar-refractivity contribution is 14.0. The molecule has 170 valence electrons. The Morgan fingerprint density at radius 2 is 2.00 bits per heavy atom. The molecule has 10 heteroatoms. The van der Waals surface area contributed by atoms with E-state index in [1.54, 1.807) is 0 Å². The molecule has 1 aliphatic heterocycles. The Morgan fingerprint density at radius 1 is 1.26 bits per heavy atom. The van der Waals surface area contributed by atoms with E-state index in [2.05, 4.69) is 27.3 Å². The minimum absolute atomic E-state index is 0. The SMILES string of the molecule is CCNC(=NCCCc1nc(C)no1)N1CCN(C(=O)Cc2cccc(Cl)c2)CC1.I. The largest absolute Gasteiger partial charge is 0.357 e. The smallest absolute Gasteiger partial charge is 0.227 e. The van der Waals surface area contributed by atoms with E-state index in [4.69, 9.17) is 21.1 Å². The number of benzene rings is 1. The summed E-state index contributed by atoms with van der Waals surface area (Å²) in [5.41, 5.74) is 0.946. The van der Waals surface area contributed by atoms with Crippen LogP contribution in [-0.4, -0.2) is 71.1 Å². The number of aliphatic imine (C=N–C) groups is 1. The van der Waals surface area contributed by atoms with Gasteiger partial charge < -0.3 is 19.6 Å². The maximum absolute atomic E-state index is 12.6. The van der Waals surface area contributed by atoms with Crippen LogP contribution < -0.4 is 5.32 Å². The van der Waals surface area contributed by atoms with Crippen molar-refractivity contribution in [3.8, 4) is 0 Å². The number of nitrogens with one attached hydrogen (secondary N) is 1. The molecule has 2 heterocycles. The number of hydrogen-bond acceptors (Lipinski definition) is 5. The Balaban J connectivity index is 0.00000341. The first kappa shape index (κ1) is 25.4. The van der Waals surface area contributed by atoms with E-state index in [9.17, 15) is 4.79 Å². The summed E-state index contributed by atoms with van der Waals surface area (Å²) in [5, 5.41) is 7.81. The maximum atomic E-state index is 12.6. The van der Waals surface area contributed by atoms with Crippen molar-refractivity contribution in [2.45, 2.75) is 33.1 Å². The summed E-state index contributed by atoms with van der Waals surface area (Å²) in [5.74, 6) is 2.33. The van der Waals surface area contributed by atoms with Gasteiger partial charge in [0.2, 0.25) is 11.8 Å². The van der Waals surface area contributed by atoms with Gasteiger partial charge in [0.1, 0.15) is 0 Å². The maximum Gasteiger partial charge on any atom is 0.227 e. The summed E-state index contributed by atoms with van der Waals surface area (Å²) in [6.45, 7) is 8.24. The second-order valence-electron chi connectivity index (χ2n) is 7.25. The van der Waals surface area contributed by atoms with Crippen molar-refractivity contribution < 1.29 is 9.32 Å². The molecule has 1 N–H and O–H groups in total. The first-order valence-electron chi connectivity index (χ1n) is 10.4. The second kappa shape index (κ2) is 12.8. The van der Waals surface area contributed by atoms with Gasteiger partial charge in [-0.15, -0.1) is 24.0 Å². The fourth-order valence-electron chi connectivity index (χ4n) is 3.38. The first-order chi connectivity index (χ1) is 14.5. The Labute approximate surface area is 205 Å². The first-order valence-corrected chi connectivity index (χ1v) is 10.8. The monoisotopic (exact) mass is 560 g/mol. The predicted molar refractivity (Wildman–Crippen MR) is 132 cm³/mol. The summed E-state index contributed by atoms with van der Waals surface area (Å²) in [4.78, 5) is 25.7. The van der Waals surface area contributed by atoms with E-state index in [-0.39, 0.29) is 29.9 Å². The van der Waals surface area contributed by atoms with Gasteiger partial charge in [-0.05, 0) is 38.0 Å². The van der Waals surface area contributed by atoms with E-state index < -0.39 is 0 Å². The highest BCUT2D eigenvalue weighted by Gasteiger charge is 2.23. The third-order valence-corrected chi connectivity index (χ3v) is 5.13. The van der Waals surface area contributed by atoms with Gasteiger partial charge in [-0.25, -0.2) is 0 Å². The lowest BCUT2D eigenvalue weighted by Gasteiger charge is -2.36. The molecule has 0 atom stereocenters. The van der Waals surface area contributed by atoms with Crippen molar-refractivity contribution in [3.63, 3.8) is 0 Å². The topological polar surface area (TPSA) is 86.9 Å². The summed E-state index contributed by atoms with van der Waals surface area (Å²) in [7, 11) is 0. The van der Waals surface area contributed by atoms with Crippen LogP contribution in [0.5, 0.6) is 0 Å². The zero-order valence-corrected chi connectivity index (χ0v) is 21.1. The zero-order valence-electron chi connectivity index (χ0n) is 18.0. The van der Waals surface area contributed by atoms with Crippen LogP contribution >= 0.6 is 35.6 Å². The van der Waals surface area contributed by atoms with Crippen molar-refractivity contribution in [1.82, 2.24) is 25.3 Å². The van der Waals surface area contributed by atoms with Crippen molar-refractivity contribution in [2.75, 3.05) is 39.3 Å². The van der Waals surface area contributed by atoms with Crippen LogP contribution in [0.1, 0.15) is 30.6 Å². The number of carbonyl (C=O) groups is 1. The molecule has 0 spiro atoms. The fourth-order valence-corrected chi connectivity index (χ4v) is 3.60. The minimum atomic E-state index is 0. The van der Waals surface area contributed by atoms with E-state index in [1.165, 1.54) is 0 Å². The van der Waals surface area contributed by atoms with Crippen LogP contribution in [0.3, 0.4) is 0 Å². The highest BCUT2D eigenvalue weighted by atomic mass is 127. The molecule has 31 heavy (non-hydrogen) atoms. The molecule has 1 fully saturated rings. The quantitative estimate of drug-likeness (QED) is 0.243. The molecule has 1 amide bonds. The number of piperazine rings is 1. The summed E-state index contributed by atoms with van der Waals surface area (Å²) in [6, 6.07) is 7.48. The Hall–Kier alpha value is -1.88. The van der Waals surface area contributed by atoms with Gasteiger partial charge in [-0.2, -0.15) is 4.98 Å². The zero-order chi connectivity index (χ0) is 21.3. The Kier molecular flexibility index (Phi) is 10.5. The molecule has 1 aromatic heterocycles. The molecular formula is C21H30ClIN6O2. The molecule has 0 saturated carbocycles. The third-order valence-electron chi connectivity index (χ3n) is 4.89. The number of guanidine groups is 1. The third kappa shape index (κ3) is 7.95. The minimum Gasteiger partial charge on any atom is -0.357 e. The van der Waals surface area contributed by atoms with Crippen molar-refractivity contribution in [1.29, 1.82) is 0 Å². The van der Waals surface area contributed by atoms with Crippen LogP contribution in [0.25, 0.3) is 0 Å². The standard InChI is InChI=1S/C21H29ClN6O2.HI/c1-3-23-21(24-9-5-8-19-25-16(2)26-30-19)28-12-10-27(11-13-28)20(29)15-17-6-4-7-18(22)14-17;/h4,6-7,14H,3,5,8-13,15H2,1-2H3,(H,23,24);1H. The molecule has 1 aliphatic rings. The van der Waals surface area contributed by atoms with E-state index in [1.807, 2.05) is 36.1 Å². The normalized spacial score (nSPS) is 14.4. The number of rotatable bonds is 7. The number of amides is 1. The molecule has 1 saturated heterocycles. The fraction of sp³-hybridized carbons (Fsp3) is 0.524. The van der Waals surface area contributed by atoms with Crippen molar-refractivity contribution in [3.05, 3.63) is 46.6 Å². The Bertz CT molecular complexity index is 867. The van der Waals surface area contributed by atoms with Crippen molar-refractivity contribution in [2.24, 2.45) is 4.99 Å².